The average molecular weight is 360 g/mol. The van der Waals surface area contributed by atoms with E-state index in [2.05, 4.69) is 9.82 Å². The number of benzene rings is 2. The number of methoxy groups -OCH3 is 1. The molecular weight excluding hydrogens is 344 g/mol. The first-order valence-corrected chi connectivity index (χ1v) is 8.80. The molecule has 0 radical (unpaired) electrons. The van der Waals surface area contributed by atoms with Gasteiger partial charge in [0.1, 0.15) is 5.75 Å². The van der Waals surface area contributed by atoms with Crippen molar-refractivity contribution in [2.45, 2.75) is 11.8 Å². The van der Waals surface area contributed by atoms with Crippen LogP contribution in [0.4, 0.5) is 5.69 Å². The molecule has 3 aromatic rings. The van der Waals surface area contributed by atoms with Crippen molar-refractivity contribution in [3.05, 3.63) is 65.6 Å². The number of ether oxygens (including phenoxy) is 1. The smallest absolute Gasteiger partial charge is 0.261 e. The van der Waals surface area contributed by atoms with Crippen molar-refractivity contribution in [1.82, 2.24) is 9.90 Å². The molecule has 0 aliphatic heterocycles. The molecule has 0 bridgehead atoms. The highest BCUT2D eigenvalue weighted by molar-refractivity contribution is 7.92. The molecule has 1 N–H and O–H groups in total. The third-order valence-corrected chi connectivity index (χ3v) is 4.93. The second kappa shape index (κ2) is 6.44. The van der Waals surface area contributed by atoms with E-state index in [-0.39, 0.29) is 16.3 Å². The number of anilines is 1. The minimum absolute atomic E-state index is 0.113. The van der Waals surface area contributed by atoms with Gasteiger partial charge in [0.25, 0.3) is 10.0 Å². The van der Waals surface area contributed by atoms with Crippen LogP contribution in [0.5, 0.6) is 5.75 Å². The third-order valence-electron chi connectivity index (χ3n) is 3.55. The summed E-state index contributed by atoms with van der Waals surface area (Å²) in [6.45, 7) is 1.87. The van der Waals surface area contributed by atoms with Gasteiger partial charge < -0.3 is 9.94 Å². The zero-order valence-corrected chi connectivity index (χ0v) is 14.4. The second-order valence-corrected chi connectivity index (χ2v) is 6.99. The Morgan fingerprint density at radius 1 is 1.20 bits per heavy atom. The first-order valence-electron chi connectivity index (χ1n) is 7.32. The molecule has 1 aromatic heterocycles. The lowest BCUT2D eigenvalue weighted by molar-refractivity contribution is -0.688. The molecule has 2 aromatic carbocycles. The van der Waals surface area contributed by atoms with Gasteiger partial charge in [0, 0.05) is 11.2 Å². The van der Waals surface area contributed by atoms with Crippen LogP contribution in [-0.4, -0.2) is 25.4 Å². The lowest BCUT2D eigenvalue weighted by atomic mass is 10.2. The maximum atomic E-state index is 12.7. The number of nitrogens with one attached hydrogen (secondary N) is 1. The molecule has 0 aliphatic carbocycles. The standard InChI is InChI=1S/C16H16N4O4S/c1-12-3-6-14(7-4-12)25(22,23)18-15-11-13(24-2)5-8-16(15)20-17-9-10-19(20)21/h3-11,18H,1-2H3. The Kier molecular flexibility index (Phi) is 4.32. The van der Waals surface area contributed by atoms with Crippen molar-refractivity contribution in [2.24, 2.45) is 0 Å². The summed E-state index contributed by atoms with van der Waals surface area (Å²) in [6.07, 6.45) is 2.53. The van der Waals surface area contributed by atoms with Crippen LogP contribution in [0.2, 0.25) is 0 Å². The Labute approximate surface area is 144 Å². The molecule has 0 atom stereocenters. The molecule has 0 spiro atoms. The highest BCUT2D eigenvalue weighted by Gasteiger charge is 2.20. The van der Waals surface area contributed by atoms with E-state index < -0.39 is 10.0 Å². The van der Waals surface area contributed by atoms with Crippen LogP contribution in [0.3, 0.4) is 0 Å². The molecule has 9 heteroatoms. The van der Waals surface area contributed by atoms with Gasteiger partial charge in [-0.25, -0.2) is 8.42 Å². The Morgan fingerprint density at radius 2 is 1.92 bits per heavy atom. The zero-order chi connectivity index (χ0) is 18.0. The maximum absolute atomic E-state index is 12.7. The molecular formula is C16H16N4O4S. The monoisotopic (exact) mass is 360 g/mol. The van der Waals surface area contributed by atoms with Crippen LogP contribution in [0.1, 0.15) is 5.56 Å². The largest absolute Gasteiger partial charge is 0.692 e. The maximum Gasteiger partial charge on any atom is 0.261 e. The fourth-order valence-electron chi connectivity index (χ4n) is 2.25. The van der Waals surface area contributed by atoms with E-state index in [4.69, 9.17) is 4.74 Å². The van der Waals surface area contributed by atoms with Crippen molar-refractivity contribution in [1.29, 1.82) is 0 Å². The number of aromatic nitrogens is 3. The number of sulfonamides is 1. The van der Waals surface area contributed by atoms with Crippen molar-refractivity contribution in [3.8, 4) is 11.4 Å². The lowest BCUT2D eigenvalue weighted by Gasteiger charge is -2.13. The van der Waals surface area contributed by atoms with E-state index in [9.17, 15) is 13.6 Å². The van der Waals surface area contributed by atoms with E-state index >= 15 is 0 Å². The Balaban J connectivity index is 2.06. The van der Waals surface area contributed by atoms with Crippen molar-refractivity contribution in [2.75, 3.05) is 11.8 Å². The van der Waals surface area contributed by atoms with Gasteiger partial charge in [-0.3, -0.25) is 4.72 Å². The van der Waals surface area contributed by atoms with Gasteiger partial charge in [-0.05, 0) is 36.0 Å². The molecule has 1 heterocycles. The van der Waals surface area contributed by atoms with Crippen LogP contribution in [0.15, 0.2) is 59.8 Å². The third kappa shape index (κ3) is 3.41. The lowest BCUT2D eigenvalue weighted by Crippen LogP contribution is -2.36. The average Bonchev–Trinajstić information content (AvgIpc) is 3.00. The molecule has 0 saturated carbocycles. The van der Waals surface area contributed by atoms with Gasteiger partial charge in [-0.15, -0.1) is 0 Å². The van der Waals surface area contributed by atoms with Crippen LogP contribution >= 0.6 is 0 Å². The number of aryl methyl sites for hydroxylation is 1. The fourth-order valence-corrected chi connectivity index (χ4v) is 3.32. The summed E-state index contributed by atoms with van der Waals surface area (Å²) in [5, 5.41) is 15.7. The van der Waals surface area contributed by atoms with Crippen molar-refractivity contribution >= 4 is 15.7 Å². The first kappa shape index (κ1) is 16.8. The summed E-state index contributed by atoms with van der Waals surface area (Å²) < 4.78 is 32.9. The highest BCUT2D eigenvalue weighted by Crippen LogP contribution is 2.27. The summed E-state index contributed by atoms with van der Waals surface area (Å²) in [6, 6.07) is 11.1. The van der Waals surface area contributed by atoms with Gasteiger partial charge in [0.15, 0.2) is 11.9 Å². The number of hydrogen-bond donors (Lipinski definition) is 1. The van der Waals surface area contributed by atoms with Gasteiger partial charge in [-0.1, -0.05) is 17.7 Å². The molecule has 0 fully saturated rings. The van der Waals surface area contributed by atoms with Crippen LogP contribution in [0, 0.1) is 12.1 Å². The Morgan fingerprint density at radius 3 is 2.52 bits per heavy atom. The summed E-state index contributed by atoms with van der Waals surface area (Å²) in [7, 11) is -2.37. The molecule has 8 nitrogen and oxygen atoms in total. The first-order chi connectivity index (χ1) is 11.9. The van der Waals surface area contributed by atoms with Crippen molar-refractivity contribution in [3.63, 3.8) is 0 Å². The molecule has 25 heavy (non-hydrogen) atoms. The topological polar surface area (TPSA) is 100 Å². The number of hydrogen-bond acceptors (Lipinski definition) is 5. The van der Waals surface area contributed by atoms with Gasteiger partial charge >= 0.3 is 0 Å². The molecule has 130 valence electrons. The van der Waals surface area contributed by atoms with E-state index in [1.165, 1.54) is 37.7 Å². The second-order valence-electron chi connectivity index (χ2n) is 5.31. The van der Waals surface area contributed by atoms with Crippen LogP contribution < -0.4 is 14.3 Å². The minimum atomic E-state index is -3.84. The predicted molar refractivity (Wildman–Crippen MR) is 91.1 cm³/mol. The summed E-state index contributed by atoms with van der Waals surface area (Å²) in [4.78, 5) is 1.64. The molecule has 0 amide bonds. The molecule has 3 rings (SSSR count). The van der Waals surface area contributed by atoms with E-state index in [1.807, 2.05) is 6.92 Å². The SMILES string of the molecule is COc1ccc(-n2ncc[n+]2[O-])c(NS(=O)(=O)c2ccc(C)cc2)c1. The summed E-state index contributed by atoms with van der Waals surface area (Å²) >= 11 is 0. The molecule has 0 aliphatic rings. The Hall–Kier alpha value is -3.07. The normalized spacial score (nSPS) is 11.3. The minimum Gasteiger partial charge on any atom is -0.692 e. The van der Waals surface area contributed by atoms with Crippen LogP contribution in [-0.2, 0) is 10.0 Å². The van der Waals surface area contributed by atoms with E-state index in [0.717, 1.165) is 10.4 Å². The Bertz CT molecular complexity index is 997. The van der Waals surface area contributed by atoms with Crippen LogP contribution in [0.25, 0.3) is 5.69 Å². The van der Waals surface area contributed by atoms with Crippen molar-refractivity contribution < 1.29 is 18.0 Å². The molecule has 0 saturated heterocycles. The number of nitrogens with zero attached hydrogens (tertiary/aromatic N) is 3. The summed E-state index contributed by atoms with van der Waals surface area (Å²) in [5.41, 5.74) is 1.40. The fraction of sp³-hybridized carbons (Fsp3) is 0.125. The number of rotatable bonds is 5. The quantitative estimate of drug-likeness (QED) is 0.550. The van der Waals surface area contributed by atoms with Gasteiger partial charge in [0.2, 0.25) is 6.20 Å². The zero-order valence-electron chi connectivity index (χ0n) is 13.6. The van der Waals surface area contributed by atoms with E-state index in [0.29, 0.717) is 10.6 Å². The predicted octanol–water partition coefficient (Wildman–Crippen LogP) is 1.62. The summed E-state index contributed by atoms with van der Waals surface area (Å²) in [5.74, 6) is 0.440. The van der Waals surface area contributed by atoms with Gasteiger partial charge in [0.05, 0.1) is 17.7 Å². The van der Waals surface area contributed by atoms with E-state index in [1.54, 1.807) is 24.3 Å². The molecule has 0 unspecified atom stereocenters. The van der Waals surface area contributed by atoms with Gasteiger partial charge in [-0.2, -0.15) is 4.85 Å². The highest BCUT2D eigenvalue weighted by atomic mass is 32.2.